The molecule has 3 nitrogen and oxygen atoms in total. The Morgan fingerprint density at radius 2 is 2.00 bits per heavy atom. The molecule has 0 radical (unpaired) electrons. The Balaban J connectivity index is 2.99. The van der Waals surface area contributed by atoms with E-state index in [0.29, 0.717) is 5.69 Å². The van der Waals surface area contributed by atoms with Gasteiger partial charge in [-0.25, -0.2) is 0 Å². The molecule has 0 heterocycles. The lowest BCUT2D eigenvalue weighted by molar-refractivity contribution is 0.450. The number of nitrogens with zero attached hydrogens (tertiary/aromatic N) is 1. The highest BCUT2D eigenvalue weighted by molar-refractivity contribution is 5.63. The predicted molar refractivity (Wildman–Crippen MR) is 66.8 cm³/mol. The second-order valence-corrected chi connectivity index (χ2v) is 3.73. The van der Waals surface area contributed by atoms with E-state index in [1.807, 2.05) is 11.8 Å². The Kier molecular flexibility index (Phi) is 4.23. The van der Waals surface area contributed by atoms with Crippen molar-refractivity contribution in [1.82, 2.24) is 0 Å². The second-order valence-electron chi connectivity index (χ2n) is 3.73. The minimum atomic E-state index is 0.0680. The summed E-state index contributed by atoms with van der Waals surface area (Å²) < 4.78 is 0. The third-order valence-electron chi connectivity index (χ3n) is 2.49. The summed E-state index contributed by atoms with van der Waals surface area (Å²) in [5.41, 5.74) is 1.67. The monoisotopic (exact) mass is 221 g/mol. The van der Waals surface area contributed by atoms with Crippen molar-refractivity contribution in [2.24, 2.45) is 0 Å². The molecule has 0 aromatic heterocycles. The Bertz CT molecular complexity index is 374. The zero-order valence-electron chi connectivity index (χ0n) is 9.90. The number of hydrogen-bond acceptors (Lipinski definition) is 3. The molecule has 0 aliphatic heterocycles. The van der Waals surface area contributed by atoms with E-state index in [9.17, 15) is 10.2 Å². The predicted octanol–water partition coefficient (Wildman–Crippen LogP) is 3.24. The Morgan fingerprint density at radius 3 is 2.50 bits per heavy atom. The zero-order valence-corrected chi connectivity index (χ0v) is 9.90. The van der Waals surface area contributed by atoms with Gasteiger partial charge in [0.15, 0.2) is 0 Å². The molecular weight excluding hydrogens is 202 g/mol. The molecule has 0 fully saturated rings. The maximum Gasteiger partial charge on any atom is 0.142 e. The van der Waals surface area contributed by atoms with E-state index < -0.39 is 0 Å². The molecule has 3 heteroatoms. The molecule has 0 unspecified atom stereocenters. The van der Waals surface area contributed by atoms with Gasteiger partial charge in [0.2, 0.25) is 0 Å². The third kappa shape index (κ3) is 2.69. The fourth-order valence-electron chi connectivity index (χ4n) is 1.73. The molecule has 1 aromatic carbocycles. The molecule has 0 saturated carbocycles. The van der Waals surface area contributed by atoms with Crippen molar-refractivity contribution in [3.8, 4) is 11.5 Å². The molecule has 16 heavy (non-hydrogen) atoms. The number of aromatic hydroxyl groups is 2. The van der Waals surface area contributed by atoms with Crippen LogP contribution in [0.15, 0.2) is 30.5 Å². The zero-order chi connectivity index (χ0) is 12.1. The number of phenols is 2. The van der Waals surface area contributed by atoms with Gasteiger partial charge in [0.05, 0.1) is 5.69 Å². The maximum atomic E-state index is 9.77. The number of rotatable bonds is 5. The Hall–Kier alpha value is -1.64. The van der Waals surface area contributed by atoms with Crippen LogP contribution in [-0.4, -0.2) is 16.8 Å². The van der Waals surface area contributed by atoms with Gasteiger partial charge in [-0.2, -0.15) is 0 Å². The van der Waals surface area contributed by atoms with Crippen molar-refractivity contribution in [2.75, 3.05) is 11.4 Å². The summed E-state index contributed by atoms with van der Waals surface area (Å²) in [6.45, 7) is 8.86. The molecule has 0 saturated heterocycles. The van der Waals surface area contributed by atoms with E-state index >= 15 is 0 Å². The molecule has 0 atom stereocenters. The Labute approximate surface area is 96.6 Å². The number of allylic oxidation sites excluding steroid dienone is 1. The molecule has 0 amide bonds. The van der Waals surface area contributed by atoms with E-state index in [4.69, 9.17) is 0 Å². The van der Waals surface area contributed by atoms with Crippen LogP contribution in [0.4, 0.5) is 5.69 Å². The van der Waals surface area contributed by atoms with Crippen LogP contribution in [0.1, 0.15) is 26.7 Å². The largest absolute Gasteiger partial charge is 0.508 e. The summed E-state index contributed by atoms with van der Waals surface area (Å²) in [5.74, 6) is 0.150. The van der Waals surface area contributed by atoms with E-state index in [1.165, 1.54) is 6.07 Å². The fourth-order valence-corrected chi connectivity index (χ4v) is 1.73. The SMILES string of the molecule is C=C(CCC)N(CC)c1ccc(O)cc1O. The van der Waals surface area contributed by atoms with Gasteiger partial charge in [-0.15, -0.1) is 0 Å². The van der Waals surface area contributed by atoms with Crippen molar-refractivity contribution < 1.29 is 10.2 Å². The van der Waals surface area contributed by atoms with Gasteiger partial charge in [-0.3, -0.25) is 0 Å². The molecule has 1 rings (SSSR count). The number of hydrogen-bond donors (Lipinski definition) is 2. The van der Waals surface area contributed by atoms with Crippen LogP contribution in [0.5, 0.6) is 11.5 Å². The van der Waals surface area contributed by atoms with Crippen LogP contribution in [0.3, 0.4) is 0 Å². The molecular formula is C13H19NO2. The average molecular weight is 221 g/mol. The normalized spacial score (nSPS) is 10.1. The highest BCUT2D eigenvalue weighted by atomic mass is 16.3. The third-order valence-corrected chi connectivity index (χ3v) is 2.49. The van der Waals surface area contributed by atoms with E-state index in [2.05, 4.69) is 13.5 Å². The highest BCUT2D eigenvalue weighted by Gasteiger charge is 2.12. The molecule has 0 spiro atoms. The summed E-state index contributed by atoms with van der Waals surface area (Å²) in [5, 5.41) is 19.0. The van der Waals surface area contributed by atoms with Crippen LogP contribution in [-0.2, 0) is 0 Å². The van der Waals surface area contributed by atoms with Crippen molar-refractivity contribution >= 4 is 5.69 Å². The number of benzene rings is 1. The summed E-state index contributed by atoms with van der Waals surface area (Å²) in [7, 11) is 0. The molecule has 88 valence electrons. The fraction of sp³-hybridized carbons (Fsp3) is 0.385. The summed E-state index contributed by atoms with van der Waals surface area (Å²) >= 11 is 0. The summed E-state index contributed by atoms with van der Waals surface area (Å²) in [4.78, 5) is 1.96. The van der Waals surface area contributed by atoms with Gasteiger partial charge < -0.3 is 15.1 Å². The van der Waals surface area contributed by atoms with Crippen LogP contribution in [0.25, 0.3) is 0 Å². The molecule has 0 aliphatic rings. The van der Waals surface area contributed by atoms with Crippen molar-refractivity contribution in [3.63, 3.8) is 0 Å². The standard InChI is InChI=1S/C13H19NO2/c1-4-6-10(3)14(5-2)12-8-7-11(15)9-13(12)16/h7-9,15-16H,3-6H2,1-2H3. The number of phenolic OH excluding ortho intramolecular Hbond substituents is 2. The second kappa shape index (κ2) is 5.45. The molecule has 1 aromatic rings. The van der Waals surface area contributed by atoms with E-state index in [-0.39, 0.29) is 11.5 Å². The Morgan fingerprint density at radius 1 is 1.31 bits per heavy atom. The van der Waals surface area contributed by atoms with Crippen LogP contribution < -0.4 is 4.90 Å². The van der Waals surface area contributed by atoms with Crippen LogP contribution in [0.2, 0.25) is 0 Å². The smallest absolute Gasteiger partial charge is 0.142 e. The first kappa shape index (κ1) is 12.4. The van der Waals surface area contributed by atoms with E-state index in [1.54, 1.807) is 12.1 Å². The van der Waals surface area contributed by atoms with Gasteiger partial charge in [-0.05, 0) is 25.5 Å². The van der Waals surface area contributed by atoms with Crippen LogP contribution >= 0.6 is 0 Å². The minimum absolute atomic E-state index is 0.0680. The number of anilines is 1. The van der Waals surface area contributed by atoms with Crippen LogP contribution in [0, 0.1) is 0 Å². The first-order valence-electron chi connectivity index (χ1n) is 5.57. The first-order valence-corrected chi connectivity index (χ1v) is 5.57. The van der Waals surface area contributed by atoms with Crippen molar-refractivity contribution in [1.29, 1.82) is 0 Å². The highest BCUT2D eigenvalue weighted by Crippen LogP contribution is 2.33. The van der Waals surface area contributed by atoms with Gasteiger partial charge in [-0.1, -0.05) is 19.9 Å². The minimum Gasteiger partial charge on any atom is -0.508 e. The quantitative estimate of drug-likeness (QED) is 0.802. The summed E-state index contributed by atoms with van der Waals surface area (Å²) in [6.07, 6.45) is 1.92. The summed E-state index contributed by atoms with van der Waals surface area (Å²) in [6, 6.07) is 4.61. The topological polar surface area (TPSA) is 43.7 Å². The molecule has 0 aliphatic carbocycles. The first-order chi connectivity index (χ1) is 7.60. The van der Waals surface area contributed by atoms with Gasteiger partial charge in [0.1, 0.15) is 11.5 Å². The lowest BCUT2D eigenvalue weighted by atomic mass is 10.2. The van der Waals surface area contributed by atoms with Gasteiger partial charge in [0.25, 0.3) is 0 Å². The van der Waals surface area contributed by atoms with Crippen molar-refractivity contribution in [2.45, 2.75) is 26.7 Å². The van der Waals surface area contributed by atoms with E-state index in [0.717, 1.165) is 25.1 Å². The lowest BCUT2D eigenvalue weighted by Gasteiger charge is -2.26. The maximum absolute atomic E-state index is 9.77. The lowest BCUT2D eigenvalue weighted by Crippen LogP contribution is -2.21. The van der Waals surface area contributed by atoms with Gasteiger partial charge >= 0.3 is 0 Å². The van der Waals surface area contributed by atoms with Gasteiger partial charge in [0, 0.05) is 18.3 Å². The molecule has 0 bridgehead atoms. The molecule has 2 N–H and O–H groups in total. The van der Waals surface area contributed by atoms with Crippen molar-refractivity contribution in [3.05, 3.63) is 30.5 Å². The average Bonchev–Trinajstić information content (AvgIpc) is 2.22.